The Morgan fingerprint density at radius 1 is 0.677 bits per heavy atom. The van der Waals surface area contributed by atoms with Gasteiger partial charge < -0.3 is 4.43 Å². The van der Waals surface area contributed by atoms with Crippen LogP contribution in [0.1, 0.15) is 27.2 Å². The fraction of sp³-hybridized carbons (Fsp3) is 0.333. The van der Waals surface area contributed by atoms with E-state index in [4.69, 9.17) is 4.43 Å². The Hall–Kier alpha value is -1.25. The predicted molar refractivity (Wildman–Crippen MR) is 148 cm³/mol. The third kappa shape index (κ3) is 5.96. The molecule has 3 aromatic rings. The second kappa shape index (κ2) is 11.1. The molecule has 0 fully saturated rings. The molecular weight excluding hydrogens is 479 g/mol. The van der Waals surface area contributed by atoms with E-state index in [0.29, 0.717) is 0 Å². The number of benzene rings is 3. The molecule has 3 rings (SSSR count). The van der Waals surface area contributed by atoms with Crippen molar-refractivity contribution in [3.8, 4) is 0 Å². The van der Waals surface area contributed by atoms with E-state index < -0.39 is 15.6 Å². The lowest BCUT2D eigenvalue weighted by Gasteiger charge is -2.36. The van der Waals surface area contributed by atoms with Crippen LogP contribution < -0.4 is 15.9 Å². The summed E-state index contributed by atoms with van der Waals surface area (Å²) >= 11 is 0. The summed E-state index contributed by atoms with van der Waals surface area (Å²) in [6, 6.07) is 33.4. The minimum atomic E-state index is -1.74. The lowest BCUT2D eigenvalue weighted by molar-refractivity contribution is 0.289. The molecule has 0 N–H and O–H groups in total. The van der Waals surface area contributed by atoms with E-state index in [9.17, 15) is 0 Å². The average Bonchev–Trinajstić information content (AvgIpc) is 2.75. The van der Waals surface area contributed by atoms with Crippen LogP contribution in [0, 0.1) is 0 Å². The predicted octanol–water partition coefficient (Wildman–Crippen LogP) is 6.97. The zero-order valence-electron chi connectivity index (χ0n) is 19.5. The monoisotopic (exact) mass is 515 g/mol. The Labute approximate surface area is 201 Å². The normalized spacial score (nSPS) is 12.3. The molecule has 0 aliphatic heterocycles. The molecule has 0 unspecified atom stereocenters. The van der Waals surface area contributed by atoms with Crippen LogP contribution >= 0.6 is 24.2 Å². The van der Waals surface area contributed by atoms with Gasteiger partial charge in [-0.25, -0.2) is 0 Å². The second-order valence-corrected chi connectivity index (χ2v) is 17.9. The van der Waals surface area contributed by atoms with Gasteiger partial charge in [0.15, 0.2) is 8.32 Å². The zero-order valence-corrected chi connectivity index (χ0v) is 23.2. The fourth-order valence-electron chi connectivity index (χ4n) is 3.73. The summed E-state index contributed by atoms with van der Waals surface area (Å²) in [4.78, 5) is 0. The highest BCUT2D eigenvalue weighted by atomic mass is 79.9. The lowest BCUT2D eigenvalue weighted by atomic mass is 10.2. The van der Waals surface area contributed by atoms with E-state index >= 15 is 0 Å². The molecule has 166 valence electrons. The molecule has 0 saturated carbocycles. The minimum absolute atomic E-state index is 0. The molecule has 0 radical (unpaired) electrons. The van der Waals surface area contributed by atoms with Crippen molar-refractivity contribution >= 4 is 48.5 Å². The van der Waals surface area contributed by atoms with Crippen molar-refractivity contribution in [3.63, 3.8) is 0 Å². The molecule has 0 aliphatic rings. The third-order valence-electron chi connectivity index (χ3n) is 6.50. The largest absolute Gasteiger partial charge is 0.417 e. The van der Waals surface area contributed by atoms with E-state index in [0.717, 1.165) is 19.2 Å². The first-order valence-electron chi connectivity index (χ1n) is 11.0. The maximum atomic E-state index is 6.55. The fourth-order valence-corrected chi connectivity index (χ4v) is 9.13. The lowest BCUT2D eigenvalue weighted by Crippen LogP contribution is -2.41. The van der Waals surface area contributed by atoms with Gasteiger partial charge in [-0.05, 0) is 54.5 Å². The van der Waals surface area contributed by atoms with Crippen LogP contribution in [-0.2, 0) is 4.43 Å². The van der Waals surface area contributed by atoms with Gasteiger partial charge in [0.2, 0.25) is 0 Å². The van der Waals surface area contributed by atoms with Crippen molar-refractivity contribution < 1.29 is 4.43 Å². The molecule has 4 heteroatoms. The number of rotatable bonds is 8. The van der Waals surface area contributed by atoms with Crippen molar-refractivity contribution in [2.75, 3.05) is 12.8 Å². The van der Waals surface area contributed by atoms with Crippen molar-refractivity contribution in [3.05, 3.63) is 91.0 Å². The Kier molecular flexibility index (Phi) is 9.27. The maximum Gasteiger partial charge on any atom is 0.191 e. The van der Waals surface area contributed by atoms with E-state index in [-0.39, 0.29) is 22.0 Å². The number of hydrogen-bond acceptors (Lipinski definition) is 1. The van der Waals surface area contributed by atoms with E-state index in [1.165, 1.54) is 15.9 Å². The summed E-state index contributed by atoms with van der Waals surface area (Å²) < 4.78 is 6.55. The van der Waals surface area contributed by atoms with Crippen LogP contribution in [0.3, 0.4) is 0 Å². The molecule has 0 amide bonds. The van der Waals surface area contributed by atoms with Crippen molar-refractivity contribution in [1.82, 2.24) is 0 Å². The van der Waals surface area contributed by atoms with Crippen LogP contribution in [0.5, 0.6) is 0 Å². The Morgan fingerprint density at radius 2 is 1.03 bits per heavy atom. The third-order valence-corrected chi connectivity index (χ3v) is 15.6. The second-order valence-electron chi connectivity index (χ2n) is 9.50. The van der Waals surface area contributed by atoms with Gasteiger partial charge in [0.05, 0.1) is 6.16 Å². The van der Waals surface area contributed by atoms with Gasteiger partial charge >= 0.3 is 0 Å². The van der Waals surface area contributed by atoms with Gasteiger partial charge in [0.25, 0.3) is 0 Å². The number of hydrogen-bond donors (Lipinski definition) is 0. The molecule has 0 aromatic heterocycles. The Morgan fingerprint density at radius 3 is 1.35 bits per heavy atom. The summed E-state index contributed by atoms with van der Waals surface area (Å²) in [7, 11) is -3.47. The summed E-state index contributed by atoms with van der Waals surface area (Å²) in [5.41, 5.74) is 0. The first-order chi connectivity index (χ1) is 14.3. The first-order valence-corrected chi connectivity index (χ1v) is 15.8. The smallest absolute Gasteiger partial charge is 0.191 e. The first kappa shape index (κ1) is 26.0. The van der Waals surface area contributed by atoms with E-state index in [2.05, 4.69) is 125 Å². The van der Waals surface area contributed by atoms with Crippen molar-refractivity contribution in [1.29, 1.82) is 0 Å². The minimum Gasteiger partial charge on any atom is -0.417 e. The SMILES string of the molecule is Br.CC(C)(C)[Si](C)(C)OCCC[P+](c1ccccc1)(c1ccccc1)c1ccccc1. The van der Waals surface area contributed by atoms with Gasteiger partial charge in [-0.3, -0.25) is 0 Å². The molecule has 1 nitrogen and oxygen atoms in total. The van der Waals surface area contributed by atoms with Gasteiger partial charge in [0.1, 0.15) is 23.2 Å². The maximum absolute atomic E-state index is 6.55. The zero-order chi connectivity index (χ0) is 21.7. The highest BCUT2D eigenvalue weighted by Gasteiger charge is 2.45. The molecule has 0 bridgehead atoms. The summed E-state index contributed by atoms with van der Waals surface area (Å²) in [6.07, 6.45) is 2.19. The average molecular weight is 517 g/mol. The van der Waals surface area contributed by atoms with Crippen molar-refractivity contribution in [2.45, 2.75) is 45.3 Å². The van der Waals surface area contributed by atoms with E-state index in [1.807, 2.05) is 0 Å². The van der Waals surface area contributed by atoms with Crippen LogP contribution in [0.4, 0.5) is 0 Å². The van der Waals surface area contributed by atoms with Gasteiger partial charge in [-0.2, -0.15) is 0 Å². The highest BCUT2D eigenvalue weighted by molar-refractivity contribution is 8.93. The molecule has 0 saturated heterocycles. The molecule has 0 atom stereocenters. The summed E-state index contributed by atoms with van der Waals surface area (Å²) in [5, 5.41) is 4.61. The molecule has 3 aromatic carbocycles. The molecule has 0 heterocycles. The van der Waals surface area contributed by atoms with Crippen LogP contribution in [-0.4, -0.2) is 21.1 Å². The summed E-state index contributed by atoms with van der Waals surface area (Å²) in [6.45, 7) is 12.5. The molecule has 0 spiro atoms. The number of halogens is 1. The van der Waals surface area contributed by atoms with Crippen molar-refractivity contribution in [2.24, 2.45) is 0 Å². The standard InChI is InChI=1S/C27H36OPSi.BrH/c1-27(2,3)30(4,5)28-22-15-23-29(24-16-9-6-10-17-24,25-18-11-7-12-19-25)26-20-13-8-14-21-26;/h6-14,16-21H,15,22-23H2,1-5H3;1H/q+1;. The van der Waals surface area contributed by atoms with Crippen LogP contribution in [0.15, 0.2) is 91.0 Å². The molecule has 0 aliphatic carbocycles. The van der Waals surface area contributed by atoms with E-state index in [1.54, 1.807) is 0 Å². The van der Waals surface area contributed by atoms with Crippen LogP contribution in [0.25, 0.3) is 0 Å². The van der Waals surface area contributed by atoms with Gasteiger partial charge in [-0.15, -0.1) is 17.0 Å². The topological polar surface area (TPSA) is 9.23 Å². The highest BCUT2D eigenvalue weighted by Crippen LogP contribution is 2.55. The van der Waals surface area contributed by atoms with Gasteiger partial charge in [0, 0.05) is 13.0 Å². The van der Waals surface area contributed by atoms with Crippen LogP contribution in [0.2, 0.25) is 18.1 Å². The molecular formula is C27H37BrOPSi+. The molecule has 31 heavy (non-hydrogen) atoms. The Balaban J connectivity index is 0.00000341. The Bertz CT molecular complexity index is 812. The van der Waals surface area contributed by atoms with Gasteiger partial charge in [-0.1, -0.05) is 75.4 Å². The quantitative estimate of drug-likeness (QED) is 0.179. The summed E-state index contributed by atoms with van der Waals surface area (Å²) in [5.74, 6) is 0.